The largest absolute Gasteiger partial charge is 0.461 e. The lowest BCUT2D eigenvalue weighted by Crippen LogP contribution is -2.14. The molecule has 0 aliphatic heterocycles. The van der Waals surface area contributed by atoms with Crippen molar-refractivity contribution < 1.29 is 19.1 Å². The van der Waals surface area contributed by atoms with Crippen molar-refractivity contribution in [1.29, 1.82) is 0 Å². The van der Waals surface area contributed by atoms with Crippen molar-refractivity contribution in [3.63, 3.8) is 0 Å². The van der Waals surface area contributed by atoms with E-state index in [-0.39, 0.29) is 18.5 Å². The maximum absolute atomic E-state index is 13.7. The molecule has 5 heteroatoms. The third-order valence-electron chi connectivity index (χ3n) is 5.99. The van der Waals surface area contributed by atoms with Gasteiger partial charge >= 0.3 is 5.97 Å². The van der Waals surface area contributed by atoms with Crippen LogP contribution in [-0.4, -0.2) is 23.5 Å². The molecule has 5 nitrogen and oxygen atoms in total. The van der Waals surface area contributed by atoms with Crippen LogP contribution in [0.1, 0.15) is 51.7 Å². The summed E-state index contributed by atoms with van der Waals surface area (Å²) in [7, 11) is 0. The van der Waals surface area contributed by atoms with Gasteiger partial charge in [0.25, 0.3) is 0 Å². The van der Waals surface area contributed by atoms with Gasteiger partial charge in [-0.3, -0.25) is 9.78 Å². The van der Waals surface area contributed by atoms with Gasteiger partial charge < -0.3 is 9.47 Å². The summed E-state index contributed by atoms with van der Waals surface area (Å²) in [5.74, 6) is 5.79. The molecule has 176 valence electrons. The quantitative estimate of drug-likeness (QED) is 0.264. The molecule has 0 fully saturated rings. The number of nitrogens with zero attached hydrogens (tertiary/aromatic N) is 1. The standard InChI is InChI=1S/C30H27NO4/c1-4-10-22-15-20(2)27(21(3)16-22)28-26(34-19-35-30(33)23-11-6-5-7-12-23)18-24(29(28)32)17-25-13-8-9-14-31-25/h5-9,11-16,24H,17-19H2,1-3H3. The third kappa shape index (κ3) is 5.50. The van der Waals surface area contributed by atoms with Gasteiger partial charge in [-0.15, -0.1) is 5.92 Å². The molecule has 3 aromatic rings. The molecule has 0 saturated heterocycles. The smallest absolute Gasteiger partial charge is 0.340 e. The summed E-state index contributed by atoms with van der Waals surface area (Å²) in [5.41, 5.74) is 5.50. The Balaban J connectivity index is 1.62. The highest BCUT2D eigenvalue weighted by molar-refractivity contribution is 6.25. The topological polar surface area (TPSA) is 65.5 Å². The molecule has 35 heavy (non-hydrogen) atoms. The van der Waals surface area contributed by atoms with E-state index in [1.807, 2.05) is 50.2 Å². The van der Waals surface area contributed by atoms with E-state index in [2.05, 4.69) is 16.8 Å². The second-order valence-corrected chi connectivity index (χ2v) is 8.51. The number of esters is 1. The number of pyridine rings is 1. The molecule has 0 amide bonds. The summed E-state index contributed by atoms with van der Waals surface area (Å²) in [6.45, 7) is 5.48. The van der Waals surface area contributed by atoms with Crippen LogP contribution in [0.2, 0.25) is 0 Å². The average molecular weight is 466 g/mol. The zero-order valence-corrected chi connectivity index (χ0v) is 20.1. The molecule has 1 aliphatic rings. The highest BCUT2D eigenvalue weighted by Gasteiger charge is 2.37. The number of aryl methyl sites for hydroxylation is 2. The van der Waals surface area contributed by atoms with Crippen molar-refractivity contribution in [1.82, 2.24) is 4.98 Å². The Morgan fingerprint density at radius 1 is 1.06 bits per heavy atom. The number of Topliss-reactive ketones (excluding diaryl/α,β-unsaturated/α-hetero) is 1. The van der Waals surface area contributed by atoms with Gasteiger partial charge in [0, 0.05) is 36.2 Å². The summed E-state index contributed by atoms with van der Waals surface area (Å²) in [4.78, 5) is 30.4. The zero-order valence-electron chi connectivity index (χ0n) is 20.1. The van der Waals surface area contributed by atoms with E-state index < -0.39 is 5.97 Å². The summed E-state index contributed by atoms with van der Waals surface area (Å²) in [6.07, 6.45) is 2.66. The van der Waals surface area contributed by atoms with Crippen molar-refractivity contribution in [2.24, 2.45) is 5.92 Å². The Morgan fingerprint density at radius 3 is 2.43 bits per heavy atom. The van der Waals surface area contributed by atoms with Crippen LogP contribution in [-0.2, 0) is 20.7 Å². The summed E-state index contributed by atoms with van der Waals surface area (Å²) >= 11 is 0. The summed E-state index contributed by atoms with van der Waals surface area (Å²) < 4.78 is 11.3. The maximum Gasteiger partial charge on any atom is 0.340 e. The van der Waals surface area contributed by atoms with E-state index in [0.717, 1.165) is 27.9 Å². The molecular weight excluding hydrogens is 438 g/mol. The maximum atomic E-state index is 13.7. The fourth-order valence-electron chi connectivity index (χ4n) is 4.48. The van der Waals surface area contributed by atoms with E-state index >= 15 is 0 Å². The molecule has 4 rings (SSSR count). The molecule has 1 aliphatic carbocycles. The highest BCUT2D eigenvalue weighted by Crippen LogP contribution is 2.39. The molecule has 0 saturated carbocycles. The number of allylic oxidation sites excluding steroid dienone is 2. The molecule has 1 atom stereocenters. The van der Waals surface area contributed by atoms with Gasteiger partial charge in [0.05, 0.1) is 11.1 Å². The average Bonchev–Trinajstić information content (AvgIpc) is 3.14. The number of rotatable bonds is 7. The van der Waals surface area contributed by atoms with E-state index in [9.17, 15) is 9.59 Å². The SMILES string of the molecule is CC#Cc1cc(C)c(C2=C(OCOC(=O)c3ccccc3)CC(Cc3ccccn3)C2=O)c(C)c1. The number of ketones is 1. The second kappa shape index (κ2) is 10.8. The molecule has 0 radical (unpaired) electrons. The molecule has 0 spiro atoms. The van der Waals surface area contributed by atoms with E-state index in [0.29, 0.717) is 29.7 Å². The van der Waals surface area contributed by atoms with Gasteiger partial charge in [-0.25, -0.2) is 4.79 Å². The van der Waals surface area contributed by atoms with Crippen LogP contribution in [0.25, 0.3) is 5.57 Å². The van der Waals surface area contributed by atoms with Crippen LogP contribution in [0.15, 0.2) is 72.6 Å². The fraction of sp³-hybridized carbons (Fsp3) is 0.233. The van der Waals surface area contributed by atoms with Gasteiger partial charge in [0.1, 0.15) is 5.76 Å². The lowest BCUT2D eigenvalue weighted by atomic mass is 9.89. The number of ether oxygens (including phenoxy) is 2. The van der Waals surface area contributed by atoms with Crippen molar-refractivity contribution in [2.45, 2.75) is 33.6 Å². The Kier molecular flexibility index (Phi) is 7.42. The Morgan fingerprint density at radius 2 is 1.77 bits per heavy atom. The zero-order chi connectivity index (χ0) is 24.8. The Bertz CT molecular complexity index is 1310. The van der Waals surface area contributed by atoms with Gasteiger partial charge in [-0.1, -0.05) is 30.2 Å². The van der Waals surface area contributed by atoms with Gasteiger partial charge in [-0.2, -0.15) is 0 Å². The highest BCUT2D eigenvalue weighted by atomic mass is 16.7. The van der Waals surface area contributed by atoms with E-state index in [4.69, 9.17) is 9.47 Å². The van der Waals surface area contributed by atoms with Crippen molar-refractivity contribution in [3.8, 4) is 11.8 Å². The minimum atomic E-state index is -0.475. The number of carbonyl (C=O) groups excluding carboxylic acids is 2. The van der Waals surface area contributed by atoms with Crippen LogP contribution in [0.5, 0.6) is 0 Å². The number of aromatic nitrogens is 1. The molecule has 1 heterocycles. The van der Waals surface area contributed by atoms with Crippen LogP contribution < -0.4 is 0 Å². The Labute approximate surface area is 205 Å². The predicted octanol–water partition coefficient (Wildman–Crippen LogP) is 5.44. The molecule has 0 bridgehead atoms. The minimum absolute atomic E-state index is 0.0144. The van der Waals surface area contributed by atoms with Crippen molar-refractivity contribution >= 4 is 17.3 Å². The van der Waals surface area contributed by atoms with Crippen LogP contribution in [0.4, 0.5) is 0 Å². The lowest BCUT2D eigenvalue weighted by molar-refractivity contribution is -0.116. The van der Waals surface area contributed by atoms with Gasteiger partial charge in [0.2, 0.25) is 6.79 Å². The minimum Gasteiger partial charge on any atom is -0.461 e. The van der Waals surface area contributed by atoms with Gasteiger partial charge in [0.15, 0.2) is 5.78 Å². The normalized spacial score (nSPS) is 14.9. The van der Waals surface area contributed by atoms with E-state index in [1.165, 1.54) is 0 Å². The second-order valence-electron chi connectivity index (χ2n) is 8.51. The number of hydrogen-bond acceptors (Lipinski definition) is 5. The van der Waals surface area contributed by atoms with Crippen molar-refractivity contribution in [3.05, 3.63) is 106 Å². The number of benzene rings is 2. The third-order valence-corrected chi connectivity index (χ3v) is 5.99. The first-order valence-corrected chi connectivity index (χ1v) is 11.5. The molecule has 0 N–H and O–H groups in total. The predicted molar refractivity (Wildman–Crippen MR) is 134 cm³/mol. The molecular formula is C30H27NO4. The van der Waals surface area contributed by atoms with Crippen molar-refractivity contribution in [2.75, 3.05) is 6.79 Å². The van der Waals surface area contributed by atoms with Gasteiger partial charge in [-0.05, 0) is 73.9 Å². The molecule has 1 unspecified atom stereocenters. The number of hydrogen-bond donors (Lipinski definition) is 0. The fourth-order valence-corrected chi connectivity index (χ4v) is 4.48. The van der Waals surface area contributed by atoms with Crippen LogP contribution in [0, 0.1) is 31.6 Å². The monoisotopic (exact) mass is 465 g/mol. The first kappa shape index (κ1) is 24.0. The van der Waals surface area contributed by atoms with E-state index in [1.54, 1.807) is 37.4 Å². The summed E-state index contributed by atoms with van der Waals surface area (Å²) in [5, 5.41) is 0. The molecule has 2 aromatic carbocycles. The van der Waals surface area contributed by atoms with Crippen LogP contribution in [0.3, 0.4) is 0 Å². The first-order valence-electron chi connectivity index (χ1n) is 11.5. The number of carbonyl (C=O) groups is 2. The first-order chi connectivity index (χ1) is 17.0. The summed E-state index contributed by atoms with van der Waals surface area (Å²) in [6, 6.07) is 18.4. The Hall–Kier alpha value is -4.17. The lowest BCUT2D eigenvalue weighted by Gasteiger charge is -2.14. The van der Waals surface area contributed by atoms with Crippen LogP contribution >= 0.6 is 0 Å². The molecule has 1 aromatic heterocycles.